The Bertz CT molecular complexity index is 1250. The number of aromatic nitrogens is 4. The van der Waals surface area contributed by atoms with E-state index in [-0.39, 0.29) is 24.0 Å². The molecule has 5 N–H and O–H groups in total. The lowest BCUT2D eigenvalue weighted by molar-refractivity contribution is -0.137. The van der Waals surface area contributed by atoms with Gasteiger partial charge in [-0.3, -0.25) is 9.29 Å². The minimum Gasteiger partial charge on any atom is -0.375 e. The van der Waals surface area contributed by atoms with Crippen molar-refractivity contribution in [2.24, 2.45) is 5.73 Å². The maximum absolute atomic E-state index is 13.5. The van der Waals surface area contributed by atoms with Gasteiger partial charge in [-0.15, -0.1) is 0 Å². The highest BCUT2D eigenvalue weighted by Crippen LogP contribution is 2.34. The maximum atomic E-state index is 13.5. The first-order valence-electron chi connectivity index (χ1n) is 9.59. The first-order valence-corrected chi connectivity index (χ1v) is 11.4. The molecule has 0 saturated heterocycles. The molecule has 15 heteroatoms. The summed E-state index contributed by atoms with van der Waals surface area (Å²) in [6, 6.07) is 6.16. The topological polar surface area (TPSA) is 159 Å². The Morgan fingerprint density at radius 1 is 1.15 bits per heavy atom. The second kappa shape index (κ2) is 9.74. The molecule has 182 valence electrons. The summed E-state index contributed by atoms with van der Waals surface area (Å²) in [4.78, 5) is 15.6. The van der Waals surface area contributed by atoms with Crippen LogP contribution in [-0.2, 0) is 22.7 Å². The number of hydrogen-bond donors (Lipinski definition) is 4. The number of rotatable bonds is 8. The molecule has 1 unspecified atom stereocenters. The number of nitrogens with zero attached hydrogens (tertiary/aromatic N) is 5. The van der Waals surface area contributed by atoms with E-state index in [2.05, 4.69) is 30.6 Å². The first kappa shape index (κ1) is 25.1. The summed E-state index contributed by atoms with van der Waals surface area (Å²) in [5.41, 5.74) is 5.23. The monoisotopic (exact) mass is 498 g/mol. The molecule has 34 heavy (non-hydrogen) atoms. The van der Waals surface area contributed by atoms with Gasteiger partial charge in [0.15, 0.2) is 5.82 Å². The van der Waals surface area contributed by atoms with E-state index in [1.807, 2.05) is 0 Å². The minimum atomic E-state index is -4.76. The second-order valence-electron chi connectivity index (χ2n) is 7.06. The Morgan fingerprint density at radius 2 is 1.79 bits per heavy atom. The van der Waals surface area contributed by atoms with Crippen molar-refractivity contribution in [3.05, 3.63) is 59.7 Å². The summed E-state index contributed by atoms with van der Waals surface area (Å²) in [5, 5.41) is 14.7. The van der Waals surface area contributed by atoms with Crippen molar-refractivity contribution in [3.8, 4) is 0 Å². The normalized spacial score (nSPS) is 12.8. The summed E-state index contributed by atoms with van der Waals surface area (Å²) in [6.07, 6.45) is -1.78. The fraction of sp³-hybridized carbons (Fsp3) is 0.263. The quantitative estimate of drug-likeness (QED) is 0.338. The Morgan fingerprint density at radius 3 is 2.38 bits per heavy atom. The van der Waals surface area contributed by atoms with Gasteiger partial charge in [0.05, 0.1) is 12.8 Å². The minimum absolute atomic E-state index is 0.0411. The number of benzene rings is 1. The number of aliphatic hydroxyl groups is 1. The maximum Gasteiger partial charge on any atom is 0.421 e. The van der Waals surface area contributed by atoms with Crippen LogP contribution in [0, 0.1) is 0 Å². The van der Waals surface area contributed by atoms with E-state index in [0.29, 0.717) is 17.4 Å². The van der Waals surface area contributed by atoms with Crippen molar-refractivity contribution in [3.63, 3.8) is 0 Å². The number of aliphatic hydroxyl groups excluding tert-OH is 1. The van der Waals surface area contributed by atoms with E-state index in [1.165, 1.54) is 31.6 Å². The smallest absolute Gasteiger partial charge is 0.375 e. The molecule has 0 amide bonds. The van der Waals surface area contributed by atoms with Crippen LogP contribution in [0.15, 0.2) is 42.9 Å². The number of nitrogens with one attached hydrogen (secondary N) is 2. The summed E-state index contributed by atoms with van der Waals surface area (Å²) < 4.78 is 65.2. The Labute approximate surface area is 192 Å². The number of hydrogen-bond acceptors (Lipinski definition) is 10. The summed E-state index contributed by atoms with van der Waals surface area (Å²) >= 11 is 0. The number of nitrogens with two attached hydrogens (primary N) is 1. The third-order valence-electron chi connectivity index (χ3n) is 4.57. The molecule has 3 aromatic rings. The van der Waals surface area contributed by atoms with Gasteiger partial charge >= 0.3 is 6.18 Å². The lowest BCUT2D eigenvalue weighted by Gasteiger charge is -2.19. The highest BCUT2D eigenvalue weighted by atomic mass is 32.2. The van der Waals surface area contributed by atoms with Crippen LogP contribution in [0.1, 0.15) is 23.0 Å². The zero-order valence-corrected chi connectivity index (χ0v) is 18.8. The van der Waals surface area contributed by atoms with E-state index < -0.39 is 33.8 Å². The van der Waals surface area contributed by atoms with Crippen LogP contribution in [0.3, 0.4) is 0 Å². The van der Waals surface area contributed by atoms with Gasteiger partial charge in [-0.1, -0.05) is 12.1 Å². The van der Waals surface area contributed by atoms with Gasteiger partial charge in [-0.2, -0.15) is 18.2 Å². The fourth-order valence-electron chi connectivity index (χ4n) is 2.75. The predicted octanol–water partition coefficient (Wildman–Crippen LogP) is 1.99. The largest absolute Gasteiger partial charge is 0.421 e. The van der Waals surface area contributed by atoms with E-state index in [4.69, 9.17) is 5.73 Å². The van der Waals surface area contributed by atoms with Crippen LogP contribution in [0.5, 0.6) is 0 Å². The van der Waals surface area contributed by atoms with Gasteiger partial charge in [0.25, 0.3) is 0 Å². The van der Waals surface area contributed by atoms with Crippen LogP contribution < -0.4 is 20.7 Å². The third kappa shape index (κ3) is 6.06. The van der Waals surface area contributed by atoms with Gasteiger partial charge in [0, 0.05) is 31.3 Å². The van der Waals surface area contributed by atoms with Crippen molar-refractivity contribution in [1.29, 1.82) is 0 Å². The predicted molar refractivity (Wildman–Crippen MR) is 119 cm³/mol. The van der Waals surface area contributed by atoms with E-state index >= 15 is 0 Å². The number of alkyl halides is 3. The molecule has 0 radical (unpaired) electrons. The number of anilines is 4. The molecule has 0 saturated carbocycles. The zero-order valence-electron chi connectivity index (χ0n) is 17.9. The van der Waals surface area contributed by atoms with Crippen molar-refractivity contribution in [2.75, 3.05) is 28.2 Å². The van der Waals surface area contributed by atoms with E-state index in [0.717, 1.165) is 10.6 Å². The van der Waals surface area contributed by atoms with Gasteiger partial charge in [-0.25, -0.2) is 18.4 Å². The Kier molecular flexibility index (Phi) is 7.18. The molecule has 0 fully saturated rings. The fourth-order valence-corrected chi connectivity index (χ4v) is 3.22. The molecule has 0 spiro atoms. The molecular weight excluding hydrogens is 477 g/mol. The molecule has 3 rings (SSSR count). The zero-order chi connectivity index (χ0) is 25.1. The molecule has 1 aromatic carbocycles. The standard InChI is InChI=1S/C19H21F3N8O3S/c1-30(34(2,32)33)17-14(24-7-8-25-17)10-26-16-13(19(20,21)22)9-27-18(29-16)28-12-5-3-11(4-6-12)15(23)31/h3-9,15,31H,10,23H2,1-2H3,(H2,26,27,28,29). The second-order valence-corrected chi connectivity index (χ2v) is 9.07. The molecular formula is C19H21F3N8O3S. The van der Waals surface area contributed by atoms with Crippen LogP contribution in [-0.4, -0.2) is 46.8 Å². The van der Waals surface area contributed by atoms with Crippen LogP contribution >= 0.6 is 0 Å². The Balaban J connectivity index is 1.89. The van der Waals surface area contributed by atoms with Gasteiger partial charge < -0.3 is 21.5 Å². The average molecular weight is 498 g/mol. The van der Waals surface area contributed by atoms with Gasteiger partial charge in [-0.05, 0) is 17.7 Å². The molecule has 0 aliphatic rings. The van der Waals surface area contributed by atoms with Gasteiger partial charge in [0.1, 0.15) is 23.3 Å². The summed E-state index contributed by atoms with van der Waals surface area (Å²) in [5.74, 6) is -0.720. The number of halogens is 3. The van der Waals surface area contributed by atoms with Crippen molar-refractivity contribution < 1.29 is 26.7 Å². The average Bonchev–Trinajstić information content (AvgIpc) is 2.76. The van der Waals surface area contributed by atoms with E-state index in [1.54, 1.807) is 12.1 Å². The SMILES string of the molecule is CN(c1nccnc1CNc1nc(Nc2ccc(C(N)O)cc2)ncc1C(F)(F)F)S(C)(=O)=O. The molecule has 1 atom stereocenters. The van der Waals surface area contributed by atoms with Crippen LogP contribution in [0.4, 0.5) is 36.4 Å². The van der Waals surface area contributed by atoms with Crippen molar-refractivity contribution >= 4 is 33.3 Å². The Hall–Kier alpha value is -3.56. The highest BCUT2D eigenvalue weighted by molar-refractivity contribution is 7.92. The molecule has 11 nitrogen and oxygen atoms in total. The molecule has 2 heterocycles. The van der Waals surface area contributed by atoms with Crippen LogP contribution in [0.2, 0.25) is 0 Å². The molecule has 0 aliphatic carbocycles. The molecule has 2 aromatic heterocycles. The number of sulfonamides is 1. The molecule has 0 aliphatic heterocycles. The van der Waals surface area contributed by atoms with E-state index in [9.17, 15) is 26.7 Å². The van der Waals surface area contributed by atoms with Crippen molar-refractivity contribution in [2.45, 2.75) is 18.9 Å². The van der Waals surface area contributed by atoms with Gasteiger partial charge in [0.2, 0.25) is 16.0 Å². The highest BCUT2D eigenvalue weighted by Gasteiger charge is 2.35. The summed E-state index contributed by atoms with van der Waals surface area (Å²) in [6.45, 7) is -0.300. The van der Waals surface area contributed by atoms with Crippen molar-refractivity contribution in [1.82, 2.24) is 19.9 Å². The lowest BCUT2D eigenvalue weighted by atomic mass is 10.2. The molecule has 0 bridgehead atoms. The summed E-state index contributed by atoms with van der Waals surface area (Å²) in [7, 11) is -2.42. The van der Waals surface area contributed by atoms with Crippen LogP contribution in [0.25, 0.3) is 0 Å². The first-order chi connectivity index (χ1) is 15.9. The lowest BCUT2D eigenvalue weighted by Crippen LogP contribution is -2.27. The third-order valence-corrected chi connectivity index (χ3v) is 5.74.